The van der Waals surface area contributed by atoms with Crippen LogP contribution in [-0.2, 0) is 4.84 Å². The summed E-state index contributed by atoms with van der Waals surface area (Å²) >= 11 is 0. The average molecular weight is 215 g/mol. The zero-order valence-electron chi connectivity index (χ0n) is 10.7. The van der Waals surface area contributed by atoms with E-state index in [1.165, 1.54) is 5.33 Å². The summed E-state index contributed by atoms with van der Waals surface area (Å²) in [5.74, 6) is 0.526. The predicted octanol–water partition coefficient (Wildman–Crippen LogP) is 3.23. The zero-order chi connectivity index (χ0) is 11.3. The van der Waals surface area contributed by atoms with Gasteiger partial charge in [-0.25, -0.2) is 0 Å². The molecule has 0 aliphatic heterocycles. The third-order valence-corrected chi connectivity index (χ3v) is 6.13. The van der Waals surface area contributed by atoms with Crippen molar-refractivity contribution in [2.45, 2.75) is 59.7 Å². The Morgan fingerprint density at radius 3 is 1.86 bits per heavy atom. The van der Waals surface area contributed by atoms with Crippen LogP contribution in [0.5, 0.6) is 0 Å². The SMILES string of the molecule is CC(C)ON=C(C(C)C)[SiH](C)C(C)C. The topological polar surface area (TPSA) is 21.6 Å². The van der Waals surface area contributed by atoms with Gasteiger partial charge in [-0.1, -0.05) is 34.2 Å². The normalized spacial score (nSPS) is 15.4. The van der Waals surface area contributed by atoms with E-state index in [-0.39, 0.29) is 6.10 Å². The van der Waals surface area contributed by atoms with E-state index in [4.69, 9.17) is 4.84 Å². The molecule has 0 amide bonds. The molecule has 0 aromatic rings. The Bertz CT molecular complexity index is 188. The van der Waals surface area contributed by atoms with Gasteiger partial charge >= 0.3 is 0 Å². The quantitative estimate of drug-likeness (QED) is 0.392. The molecule has 1 unspecified atom stereocenters. The molecule has 0 rings (SSSR count). The molecule has 0 spiro atoms. The molecule has 3 heteroatoms. The Hall–Kier alpha value is -0.313. The maximum Gasteiger partial charge on any atom is 0.121 e. The van der Waals surface area contributed by atoms with E-state index < -0.39 is 8.80 Å². The molecule has 14 heavy (non-hydrogen) atoms. The van der Waals surface area contributed by atoms with Crippen molar-refractivity contribution in [3.63, 3.8) is 0 Å². The average Bonchev–Trinajstić information content (AvgIpc) is 2.02. The van der Waals surface area contributed by atoms with Gasteiger partial charge in [0.2, 0.25) is 0 Å². The fraction of sp³-hybridized carbons (Fsp3) is 0.909. The zero-order valence-corrected chi connectivity index (χ0v) is 11.8. The van der Waals surface area contributed by atoms with Crippen molar-refractivity contribution in [1.82, 2.24) is 0 Å². The van der Waals surface area contributed by atoms with E-state index in [1.807, 2.05) is 13.8 Å². The lowest BCUT2D eigenvalue weighted by molar-refractivity contribution is 0.0856. The van der Waals surface area contributed by atoms with Gasteiger partial charge in [0.15, 0.2) is 0 Å². The number of hydrogen-bond donors (Lipinski definition) is 0. The summed E-state index contributed by atoms with van der Waals surface area (Å²) in [4.78, 5) is 5.36. The smallest absolute Gasteiger partial charge is 0.121 e. The summed E-state index contributed by atoms with van der Waals surface area (Å²) in [6.07, 6.45) is 0.192. The Kier molecular flexibility index (Phi) is 6.08. The van der Waals surface area contributed by atoms with Crippen LogP contribution in [0.25, 0.3) is 0 Å². The summed E-state index contributed by atoms with van der Waals surface area (Å²) in [6, 6.07) is 0. The van der Waals surface area contributed by atoms with Crippen LogP contribution in [-0.4, -0.2) is 20.2 Å². The van der Waals surface area contributed by atoms with Crippen LogP contribution in [0.15, 0.2) is 5.16 Å². The molecule has 0 bridgehead atoms. The Balaban J connectivity index is 4.51. The number of hydrogen-bond acceptors (Lipinski definition) is 2. The second-order valence-corrected chi connectivity index (χ2v) is 8.36. The summed E-state index contributed by atoms with van der Waals surface area (Å²) in [5, 5.41) is 5.64. The first-order valence-electron chi connectivity index (χ1n) is 5.59. The molecular formula is C11H25NOSi. The lowest BCUT2D eigenvalue weighted by atomic mass is 10.2. The second kappa shape index (κ2) is 6.22. The maximum atomic E-state index is 5.36. The molecule has 2 nitrogen and oxygen atoms in total. The van der Waals surface area contributed by atoms with Gasteiger partial charge in [0.05, 0.1) is 8.80 Å². The van der Waals surface area contributed by atoms with Crippen LogP contribution in [0.2, 0.25) is 12.1 Å². The van der Waals surface area contributed by atoms with Crippen molar-refractivity contribution in [2.24, 2.45) is 11.1 Å². The Labute approximate surface area is 90.3 Å². The van der Waals surface area contributed by atoms with Crippen molar-refractivity contribution in [2.75, 3.05) is 0 Å². The van der Waals surface area contributed by atoms with Crippen molar-refractivity contribution in [3.05, 3.63) is 0 Å². The van der Waals surface area contributed by atoms with E-state index >= 15 is 0 Å². The summed E-state index contributed by atoms with van der Waals surface area (Å²) in [5.41, 5.74) is 0.756. The molecule has 0 N–H and O–H groups in total. The summed E-state index contributed by atoms with van der Waals surface area (Å²) in [6.45, 7) is 15.4. The van der Waals surface area contributed by atoms with Gasteiger partial charge in [0, 0.05) is 5.33 Å². The van der Waals surface area contributed by atoms with Crippen LogP contribution in [0, 0.1) is 5.92 Å². The van der Waals surface area contributed by atoms with E-state index in [1.54, 1.807) is 0 Å². The third kappa shape index (κ3) is 4.79. The fourth-order valence-corrected chi connectivity index (χ4v) is 3.18. The molecule has 1 atom stereocenters. The lowest BCUT2D eigenvalue weighted by Crippen LogP contribution is -2.30. The molecule has 0 heterocycles. The highest BCUT2D eigenvalue weighted by Gasteiger charge is 2.20. The highest BCUT2D eigenvalue weighted by Crippen LogP contribution is 2.14. The van der Waals surface area contributed by atoms with E-state index in [0.717, 1.165) is 5.54 Å². The molecule has 0 fully saturated rings. The van der Waals surface area contributed by atoms with Crippen molar-refractivity contribution < 1.29 is 4.84 Å². The van der Waals surface area contributed by atoms with Gasteiger partial charge in [0.25, 0.3) is 0 Å². The van der Waals surface area contributed by atoms with Crippen LogP contribution >= 0.6 is 0 Å². The number of rotatable bonds is 5. The number of nitrogens with zero attached hydrogens (tertiary/aromatic N) is 1. The van der Waals surface area contributed by atoms with Gasteiger partial charge in [0.1, 0.15) is 6.10 Å². The fourth-order valence-electron chi connectivity index (χ4n) is 1.22. The molecule has 0 saturated heterocycles. The second-order valence-electron chi connectivity index (χ2n) is 4.86. The largest absolute Gasteiger partial charge is 0.394 e. The van der Waals surface area contributed by atoms with Crippen LogP contribution in [0.4, 0.5) is 0 Å². The highest BCUT2D eigenvalue weighted by atomic mass is 28.3. The predicted molar refractivity (Wildman–Crippen MR) is 66.6 cm³/mol. The molecule has 0 radical (unpaired) electrons. The molecule has 0 aliphatic carbocycles. The minimum Gasteiger partial charge on any atom is -0.394 e. The summed E-state index contributed by atoms with van der Waals surface area (Å²) < 4.78 is 0. The Morgan fingerprint density at radius 1 is 1.07 bits per heavy atom. The van der Waals surface area contributed by atoms with Gasteiger partial charge in [-0.3, -0.25) is 0 Å². The first-order valence-corrected chi connectivity index (χ1v) is 7.99. The van der Waals surface area contributed by atoms with Gasteiger partial charge < -0.3 is 4.84 Å². The highest BCUT2D eigenvalue weighted by molar-refractivity contribution is 6.91. The molecule has 0 aromatic carbocycles. The third-order valence-electron chi connectivity index (χ3n) is 2.43. The molecule has 84 valence electrons. The Morgan fingerprint density at radius 2 is 1.57 bits per heavy atom. The summed E-state index contributed by atoms with van der Waals surface area (Å²) in [7, 11) is -0.882. The lowest BCUT2D eigenvalue weighted by Gasteiger charge is -2.19. The minimum atomic E-state index is -0.882. The minimum absolute atomic E-state index is 0.192. The molecule has 0 saturated carbocycles. The van der Waals surface area contributed by atoms with Crippen LogP contribution in [0.3, 0.4) is 0 Å². The van der Waals surface area contributed by atoms with Crippen LogP contribution < -0.4 is 0 Å². The number of oxime groups is 1. The molecule has 0 aromatic heterocycles. The van der Waals surface area contributed by atoms with Gasteiger partial charge in [-0.2, -0.15) is 0 Å². The van der Waals surface area contributed by atoms with E-state index in [2.05, 4.69) is 39.4 Å². The molecule has 0 aliphatic rings. The van der Waals surface area contributed by atoms with Crippen molar-refractivity contribution in [1.29, 1.82) is 0 Å². The van der Waals surface area contributed by atoms with Crippen molar-refractivity contribution >= 4 is 14.1 Å². The maximum absolute atomic E-state index is 5.36. The first-order chi connectivity index (χ1) is 6.36. The van der Waals surface area contributed by atoms with E-state index in [9.17, 15) is 0 Å². The van der Waals surface area contributed by atoms with E-state index in [0.29, 0.717) is 5.92 Å². The molecular weight excluding hydrogens is 190 g/mol. The standard InChI is InChI=1S/C11H25NOSi/c1-8(2)11(12-13-9(3)4)14(7)10(5)6/h8-10,14H,1-7H3. The van der Waals surface area contributed by atoms with Gasteiger partial charge in [-0.15, -0.1) is 5.16 Å². The monoisotopic (exact) mass is 215 g/mol. The van der Waals surface area contributed by atoms with Gasteiger partial charge in [-0.05, 0) is 25.3 Å². The van der Waals surface area contributed by atoms with Crippen LogP contribution in [0.1, 0.15) is 41.5 Å². The van der Waals surface area contributed by atoms with Crippen molar-refractivity contribution in [3.8, 4) is 0 Å². The first kappa shape index (κ1) is 13.7.